The van der Waals surface area contributed by atoms with Gasteiger partial charge in [-0.2, -0.15) is 0 Å². The fourth-order valence-electron chi connectivity index (χ4n) is 2.42. The molecule has 0 saturated carbocycles. The zero-order valence-corrected chi connectivity index (χ0v) is 15.7. The maximum Gasteiger partial charge on any atom is 0.293 e. The Morgan fingerprint density at radius 2 is 1.89 bits per heavy atom. The summed E-state index contributed by atoms with van der Waals surface area (Å²) in [5.41, 5.74) is 1.39. The largest absolute Gasteiger partial charge is 0.491 e. The number of benzene rings is 2. The molecule has 6 nitrogen and oxygen atoms in total. The second-order valence-electron chi connectivity index (χ2n) is 5.63. The van der Waals surface area contributed by atoms with Gasteiger partial charge in [-0.25, -0.2) is 0 Å². The standard InChI is InChI=1S/C20H20N2O4S/c1-2-24-11-12-25-16-9-7-15(8-10-16)21-20(27)22-19(23)18-13-14-5-3-4-6-17(14)26-18/h3-10,13H,2,11-12H2,1H3,(H2,21,22,23,27). The van der Waals surface area contributed by atoms with E-state index in [1.807, 2.05) is 49.4 Å². The van der Waals surface area contributed by atoms with E-state index < -0.39 is 5.91 Å². The van der Waals surface area contributed by atoms with Crippen LogP contribution in [0.25, 0.3) is 11.0 Å². The topological polar surface area (TPSA) is 72.7 Å². The van der Waals surface area contributed by atoms with Crippen molar-refractivity contribution in [3.05, 3.63) is 60.4 Å². The molecule has 0 aliphatic carbocycles. The first-order valence-electron chi connectivity index (χ1n) is 8.57. The van der Waals surface area contributed by atoms with Crippen molar-refractivity contribution in [1.29, 1.82) is 0 Å². The predicted octanol–water partition coefficient (Wildman–Crippen LogP) is 3.97. The van der Waals surface area contributed by atoms with Gasteiger partial charge in [-0.05, 0) is 55.5 Å². The van der Waals surface area contributed by atoms with E-state index in [2.05, 4.69) is 10.6 Å². The van der Waals surface area contributed by atoms with Crippen molar-refractivity contribution in [2.24, 2.45) is 0 Å². The van der Waals surface area contributed by atoms with Gasteiger partial charge in [-0.1, -0.05) is 18.2 Å². The van der Waals surface area contributed by atoms with Gasteiger partial charge in [0.1, 0.15) is 17.9 Å². The van der Waals surface area contributed by atoms with Crippen LogP contribution in [0, 0.1) is 0 Å². The SMILES string of the molecule is CCOCCOc1ccc(NC(=S)NC(=O)c2cc3ccccc3o2)cc1. The number of amides is 1. The van der Waals surface area contributed by atoms with Crippen LogP contribution < -0.4 is 15.4 Å². The average Bonchev–Trinajstić information content (AvgIpc) is 3.11. The van der Waals surface area contributed by atoms with Crippen molar-refractivity contribution in [3.8, 4) is 5.75 Å². The number of nitrogens with one attached hydrogen (secondary N) is 2. The number of rotatable bonds is 7. The Hall–Kier alpha value is -2.90. The summed E-state index contributed by atoms with van der Waals surface area (Å²) in [6, 6.07) is 16.4. The molecule has 7 heteroatoms. The van der Waals surface area contributed by atoms with E-state index in [9.17, 15) is 4.79 Å². The molecule has 1 amide bonds. The van der Waals surface area contributed by atoms with Gasteiger partial charge in [0.15, 0.2) is 10.9 Å². The predicted molar refractivity (Wildman–Crippen MR) is 108 cm³/mol. The maximum absolute atomic E-state index is 12.3. The molecule has 0 spiro atoms. The number of anilines is 1. The minimum absolute atomic E-state index is 0.186. The number of fused-ring (bicyclic) bond motifs is 1. The summed E-state index contributed by atoms with van der Waals surface area (Å²) in [7, 11) is 0. The zero-order chi connectivity index (χ0) is 19.1. The first-order valence-corrected chi connectivity index (χ1v) is 8.98. The zero-order valence-electron chi connectivity index (χ0n) is 14.9. The maximum atomic E-state index is 12.3. The first-order chi connectivity index (χ1) is 13.2. The van der Waals surface area contributed by atoms with Gasteiger partial charge in [0, 0.05) is 17.7 Å². The second-order valence-corrected chi connectivity index (χ2v) is 6.03. The third-order valence-corrected chi connectivity index (χ3v) is 3.89. The molecule has 3 rings (SSSR count). The van der Waals surface area contributed by atoms with E-state index in [0.29, 0.717) is 25.4 Å². The lowest BCUT2D eigenvalue weighted by Gasteiger charge is -2.10. The smallest absolute Gasteiger partial charge is 0.293 e. The van der Waals surface area contributed by atoms with Crippen LogP contribution in [-0.4, -0.2) is 30.8 Å². The number of ether oxygens (including phenoxy) is 2. The molecule has 3 aromatic rings. The van der Waals surface area contributed by atoms with E-state index in [0.717, 1.165) is 16.8 Å². The summed E-state index contributed by atoms with van der Waals surface area (Å²) < 4.78 is 16.3. The molecule has 0 aliphatic heterocycles. The molecular formula is C20H20N2O4S. The minimum atomic E-state index is -0.403. The Morgan fingerprint density at radius 3 is 2.63 bits per heavy atom. The summed E-state index contributed by atoms with van der Waals surface area (Å²) >= 11 is 5.19. The Labute approximate surface area is 162 Å². The quantitative estimate of drug-likeness (QED) is 0.474. The number of carbonyl (C=O) groups is 1. The molecule has 0 saturated heterocycles. The van der Waals surface area contributed by atoms with Gasteiger partial charge in [-0.3, -0.25) is 10.1 Å². The highest BCUT2D eigenvalue weighted by atomic mass is 32.1. The van der Waals surface area contributed by atoms with Gasteiger partial charge in [0.05, 0.1) is 6.61 Å². The van der Waals surface area contributed by atoms with Crippen molar-refractivity contribution >= 4 is 39.9 Å². The molecule has 2 aromatic carbocycles. The lowest BCUT2D eigenvalue weighted by atomic mass is 10.2. The lowest BCUT2D eigenvalue weighted by Crippen LogP contribution is -2.33. The van der Waals surface area contributed by atoms with Gasteiger partial charge in [0.25, 0.3) is 5.91 Å². The first kappa shape index (κ1) is 18.9. The van der Waals surface area contributed by atoms with Crippen LogP contribution in [0.5, 0.6) is 5.75 Å². The summed E-state index contributed by atoms with van der Waals surface area (Å²) in [4.78, 5) is 12.3. The fourth-order valence-corrected chi connectivity index (χ4v) is 2.63. The van der Waals surface area contributed by atoms with Crippen LogP contribution in [-0.2, 0) is 4.74 Å². The third-order valence-electron chi connectivity index (χ3n) is 3.69. The summed E-state index contributed by atoms with van der Waals surface area (Å²) in [6.07, 6.45) is 0. The number of hydrogen-bond donors (Lipinski definition) is 2. The van der Waals surface area contributed by atoms with E-state index in [1.165, 1.54) is 0 Å². The Bertz CT molecular complexity index is 888. The molecule has 140 valence electrons. The average molecular weight is 384 g/mol. The van der Waals surface area contributed by atoms with Gasteiger partial charge < -0.3 is 19.2 Å². The molecule has 0 bridgehead atoms. The number of hydrogen-bond acceptors (Lipinski definition) is 5. The highest BCUT2D eigenvalue weighted by Gasteiger charge is 2.13. The molecule has 1 aromatic heterocycles. The summed E-state index contributed by atoms with van der Waals surface area (Å²) in [5.74, 6) is 0.537. The highest BCUT2D eigenvalue weighted by molar-refractivity contribution is 7.80. The molecule has 0 aliphatic rings. The van der Waals surface area contributed by atoms with Gasteiger partial charge in [0.2, 0.25) is 0 Å². The normalized spacial score (nSPS) is 10.6. The number of furan rings is 1. The molecule has 0 radical (unpaired) electrons. The van der Waals surface area contributed by atoms with E-state index in [-0.39, 0.29) is 10.9 Å². The van der Waals surface area contributed by atoms with Crippen LogP contribution >= 0.6 is 12.2 Å². The Balaban J connectivity index is 1.51. The van der Waals surface area contributed by atoms with Crippen LogP contribution in [0.2, 0.25) is 0 Å². The van der Waals surface area contributed by atoms with E-state index in [4.69, 9.17) is 26.1 Å². The molecule has 0 unspecified atom stereocenters. The Morgan fingerprint density at radius 1 is 1.11 bits per heavy atom. The van der Waals surface area contributed by atoms with Crippen molar-refractivity contribution in [3.63, 3.8) is 0 Å². The van der Waals surface area contributed by atoms with Crippen LogP contribution in [0.4, 0.5) is 5.69 Å². The fraction of sp³-hybridized carbons (Fsp3) is 0.200. The van der Waals surface area contributed by atoms with Crippen molar-refractivity contribution in [2.75, 3.05) is 25.1 Å². The van der Waals surface area contributed by atoms with Crippen molar-refractivity contribution in [2.45, 2.75) is 6.92 Å². The molecule has 0 fully saturated rings. The summed E-state index contributed by atoms with van der Waals surface area (Å²) in [5, 5.41) is 6.61. The lowest BCUT2D eigenvalue weighted by molar-refractivity contribution is 0.0953. The van der Waals surface area contributed by atoms with Gasteiger partial charge in [-0.15, -0.1) is 0 Å². The minimum Gasteiger partial charge on any atom is -0.491 e. The van der Waals surface area contributed by atoms with Crippen LogP contribution in [0.1, 0.15) is 17.5 Å². The molecule has 1 heterocycles. The molecule has 0 atom stereocenters. The van der Waals surface area contributed by atoms with E-state index in [1.54, 1.807) is 12.1 Å². The van der Waals surface area contributed by atoms with Crippen LogP contribution in [0.15, 0.2) is 59.0 Å². The van der Waals surface area contributed by atoms with Crippen LogP contribution in [0.3, 0.4) is 0 Å². The number of para-hydroxylation sites is 1. The molecule has 2 N–H and O–H groups in total. The Kier molecular flexibility index (Phi) is 6.40. The molecular weight excluding hydrogens is 364 g/mol. The molecule has 27 heavy (non-hydrogen) atoms. The highest BCUT2D eigenvalue weighted by Crippen LogP contribution is 2.19. The number of thiocarbonyl (C=S) groups is 1. The number of carbonyl (C=O) groups excluding carboxylic acids is 1. The monoisotopic (exact) mass is 384 g/mol. The van der Waals surface area contributed by atoms with Crippen molar-refractivity contribution < 1.29 is 18.7 Å². The summed E-state index contributed by atoms with van der Waals surface area (Å²) in [6.45, 7) is 3.65. The van der Waals surface area contributed by atoms with Crippen molar-refractivity contribution in [1.82, 2.24) is 5.32 Å². The third kappa shape index (κ3) is 5.29. The second kappa shape index (κ2) is 9.16. The van der Waals surface area contributed by atoms with E-state index >= 15 is 0 Å². The van der Waals surface area contributed by atoms with Gasteiger partial charge >= 0.3 is 0 Å².